The molecule has 2 rings (SSSR count). The van der Waals surface area contributed by atoms with Gasteiger partial charge in [0.15, 0.2) is 0 Å². The van der Waals surface area contributed by atoms with Gasteiger partial charge in [-0.2, -0.15) is 0 Å². The molecule has 0 saturated carbocycles. The maximum atomic E-state index is 10.3. The van der Waals surface area contributed by atoms with Gasteiger partial charge in [0, 0.05) is 10.6 Å². The van der Waals surface area contributed by atoms with Crippen molar-refractivity contribution >= 4 is 11.8 Å². The average Bonchev–Trinajstić information content (AvgIpc) is 2.19. The van der Waals surface area contributed by atoms with Crippen LogP contribution in [0.1, 0.15) is 25.3 Å². The van der Waals surface area contributed by atoms with Crippen molar-refractivity contribution in [2.45, 2.75) is 30.3 Å². The summed E-state index contributed by atoms with van der Waals surface area (Å²) in [4.78, 5) is 1.25. The van der Waals surface area contributed by atoms with Gasteiger partial charge in [0.25, 0.3) is 0 Å². The van der Waals surface area contributed by atoms with Crippen LogP contribution in [0.5, 0.6) is 0 Å². The van der Waals surface area contributed by atoms with Crippen LogP contribution in [0.3, 0.4) is 0 Å². The third-order valence-corrected chi connectivity index (χ3v) is 3.82. The molecule has 0 aliphatic carbocycles. The number of hydrogen-bond acceptors (Lipinski definition) is 2. The van der Waals surface area contributed by atoms with E-state index in [1.165, 1.54) is 4.90 Å². The van der Waals surface area contributed by atoms with Crippen molar-refractivity contribution in [1.82, 2.24) is 0 Å². The molecule has 70 valence electrons. The fourth-order valence-corrected chi connectivity index (χ4v) is 3.06. The highest BCUT2D eigenvalue weighted by Gasteiger charge is 2.32. The van der Waals surface area contributed by atoms with Crippen LogP contribution in [-0.2, 0) is 5.60 Å². The van der Waals surface area contributed by atoms with Gasteiger partial charge >= 0.3 is 0 Å². The number of rotatable bonds is 1. The third kappa shape index (κ3) is 1.49. The van der Waals surface area contributed by atoms with E-state index in [1.807, 2.05) is 36.9 Å². The van der Waals surface area contributed by atoms with Gasteiger partial charge in [-0.1, -0.05) is 25.1 Å². The zero-order chi connectivity index (χ0) is 9.31. The molecule has 1 aliphatic heterocycles. The van der Waals surface area contributed by atoms with Crippen molar-refractivity contribution in [2.75, 3.05) is 5.75 Å². The van der Waals surface area contributed by atoms with Crippen molar-refractivity contribution in [3.05, 3.63) is 29.8 Å². The summed E-state index contributed by atoms with van der Waals surface area (Å²) in [5.41, 5.74) is 0.552. The molecule has 0 saturated heterocycles. The average molecular weight is 194 g/mol. The van der Waals surface area contributed by atoms with Crippen molar-refractivity contribution in [2.24, 2.45) is 0 Å². The molecule has 1 heterocycles. The highest BCUT2D eigenvalue weighted by molar-refractivity contribution is 7.99. The highest BCUT2D eigenvalue weighted by Crippen LogP contribution is 2.41. The predicted molar refractivity (Wildman–Crippen MR) is 56.0 cm³/mol. The zero-order valence-corrected chi connectivity index (χ0v) is 8.60. The van der Waals surface area contributed by atoms with E-state index in [2.05, 4.69) is 6.07 Å². The minimum atomic E-state index is -0.568. The molecule has 1 unspecified atom stereocenters. The zero-order valence-electron chi connectivity index (χ0n) is 7.79. The van der Waals surface area contributed by atoms with Crippen molar-refractivity contribution in [1.29, 1.82) is 0 Å². The molecule has 1 atom stereocenters. The van der Waals surface area contributed by atoms with E-state index in [0.29, 0.717) is 0 Å². The first-order valence-electron chi connectivity index (χ1n) is 4.71. The molecule has 1 aromatic rings. The van der Waals surface area contributed by atoms with E-state index < -0.39 is 5.60 Å². The van der Waals surface area contributed by atoms with E-state index in [4.69, 9.17) is 0 Å². The molecule has 13 heavy (non-hydrogen) atoms. The standard InChI is InChI=1S/C11H14OS/c1-2-11(12)7-8-13-10-6-4-3-5-9(10)11/h3-6,12H,2,7-8H2,1H3. The topological polar surface area (TPSA) is 20.2 Å². The second-order valence-electron chi connectivity index (χ2n) is 3.48. The lowest BCUT2D eigenvalue weighted by Crippen LogP contribution is -2.28. The summed E-state index contributed by atoms with van der Waals surface area (Å²) in [5, 5.41) is 10.3. The van der Waals surface area contributed by atoms with E-state index in [0.717, 1.165) is 24.2 Å². The fourth-order valence-electron chi connectivity index (χ4n) is 1.81. The summed E-state index contributed by atoms with van der Waals surface area (Å²) in [6.07, 6.45) is 1.69. The van der Waals surface area contributed by atoms with Crippen LogP contribution in [0.15, 0.2) is 29.2 Å². The molecule has 2 heteroatoms. The smallest absolute Gasteiger partial charge is 0.0912 e. The van der Waals surface area contributed by atoms with Crippen LogP contribution in [-0.4, -0.2) is 10.9 Å². The SMILES string of the molecule is CCC1(O)CCSc2ccccc21. The Hall–Kier alpha value is -0.470. The minimum absolute atomic E-state index is 0.568. The van der Waals surface area contributed by atoms with Gasteiger partial charge < -0.3 is 5.11 Å². The van der Waals surface area contributed by atoms with Gasteiger partial charge in [-0.3, -0.25) is 0 Å². The molecular formula is C11H14OS. The van der Waals surface area contributed by atoms with Crippen molar-refractivity contribution in [3.8, 4) is 0 Å². The summed E-state index contributed by atoms with van der Waals surface area (Å²) >= 11 is 1.85. The van der Waals surface area contributed by atoms with Crippen molar-refractivity contribution < 1.29 is 5.11 Å². The van der Waals surface area contributed by atoms with Gasteiger partial charge in [0.1, 0.15) is 0 Å². The Bertz CT molecular complexity index is 311. The summed E-state index contributed by atoms with van der Waals surface area (Å²) in [6, 6.07) is 8.18. The summed E-state index contributed by atoms with van der Waals surface area (Å²) in [6.45, 7) is 2.05. The molecule has 0 amide bonds. The Balaban J connectivity index is 2.48. The molecule has 0 radical (unpaired) electrons. The lowest BCUT2D eigenvalue weighted by molar-refractivity contribution is 0.0252. The second-order valence-corrected chi connectivity index (χ2v) is 4.62. The quantitative estimate of drug-likeness (QED) is 0.742. The largest absolute Gasteiger partial charge is 0.385 e. The van der Waals surface area contributed by atoms with Gasteiger partial charge in [0.05, 0.1) is 5.60 Å². The maximum Gasteiger partial charge on any atom is 0.0912 e. The Kier molecular flexibility index (Phi) is 2.35. The van der Waals surface area contributed by atoms with Crippen LogP contribution in [0.4, 0.5) is 0 Å². The van der Waals surface area contributed by atoms with Crippen LogP contribution < -0.4 is 0 Å². The Morgan fingerprint density at radius 1 is 1.46 bits per heavy atom. The Morgan fingerprint density at radius 3 is 3.00 bits per heavy atom. The molecule has 0 bridgehead atoms. The molecule has 1 nitrogen and oxygen atoms in total. The number of fused-ring (bicyclic) bond motifs is 1. The summed E-state index contributed by atoms with van der Waals surface area (Å²) in [5.74, 6) is 1.03. The molecule has 1 N–H and O–H groups in total. The molecule has 1 aromatic carbocycles. The summed E-state index contributed by atoms with van der Waals surface area (Å²) in [7, 11) is 0. The number of aliphatic hydroxyl groups is 1. The van der Waals surface area contributed by atoms with Gasteiger partial charge in [-0.25, -0.2) is 0 Å². The first-order chi connectivity index (χ1) is 6.26. The van der Waals surface area contributed by atoms with E-state index in [-0.39, 0.29) is 0 Å². The number of hydrogen-bond donors (Lipinski definition) is 1. The molecular weight excluding hydrogens is 180 g/mol. The first kappa shape index (κ1) is 9.10. The molecule has 0 spiro atoms. The number of benzene rings is 1. The lowest BCUT2D eigenvalue weighted by Gasteiger charge is -2.33. The van der Waals surface area contributed by atoms with Gasteiger partial charge in [-0.15, -0.1) is 11.8 Å². The van der Waals surface area contributed by atoms with Crippen LogP contribution in [0.25, 0.3) is 0 Å². The third-order valence-electron chi connectivity index (χ3n) is 2.75. The summed E-state index contributed by atoms with van der Waals surface area (Å²) < 4.78 is 0. The number of thioether (sulfide) groups is 1. The normalized spacial score (nSPS) is 26.9. The second kappa shape index (κ2) is 3.35. The minimum Gasteiger partial charge on any atom is -0.385 e. The monoisotopic (exact) mass is 194 g/mol. The first-order valence-corrected chi connectivity index (χ1v) is 5.69. The van der Waals surface area contributed by atoms with Crippen molar-refractivity contribution in [3.63, 3.8) is 0 Å². The van der Waals surface area contributed by atoms with Gasteiger partial charge in [0.2, 0.25) is 0 Å². The molecule has 0 aromatic heterocycles. The van der Waals surface area contributed by atoms with Gasteiger partial charge in [-0.05, 0) is 24.5 Å². The Morgan fingerprint density at radius 2 is 2.23 bits per heavy atom. The predicted octanol–water partition coefficient (Wildman–Crippen LogP) is 2.78. The molecule has 1 aliphatic rings. The van der Waals surface area contributed by atoms with Crippen LogP contribution >= 0.6 is 11.8 Å². The van der Waals surface area contributed by atoms with Crippen LogP contribution in [0, 0.1) is 0 Å². The lowest BCUT2D eigenvalue weighted by atomic mass is 9.88. The maximum absolute atomic E-state index is 10.3. The van der Waals surface area contributed by atoms with E-state index in [1.54, 1.807) is 0 Å². The highest BCUT2D eigenvalue weighted by atomic mass is 32.2. The van der Waals surface area contributed by atoms with E-state index >= 15 is 0 Å². The fraction of sp³-hybridized carbons (Fsp3) is 0.455. The van der Waals surface area contributed by atoms with E-state index in [9.17, 15) is 5.11 Å². The molecule has 0 fully saturated rings. The van der Waals surface area contributed by atoms with Crippen LogP contribution in [0.2, 0.25) is 0 Å². The Labute approximate surface area is 83.2 Å².